The average Bonchev–Trinajstić information content (AvgIpc) is 2.45. The Morgan fingerprint density at radius 2 is 2.00 bits per heavy atom. The molecule has 0 saturated heterocycles. The summed E-state index contributed by atoms with van der Waals surface area (Å²) in [5, 5.41) is 4.48. The highest BCUT2D eigenvalue weighted by Crippen LogP contribution is 2.24. The Balaban J connectivity index is 2.40. The Labute approximate surface area is 134 Å². The lowest BCUT2D eigenvalue weighted by Gasteiger charge is -2.16. The number of hydrogen-bond acceptors (Lipinski definition) is 2. The second-order valence-electron chi connectivity index (χ2n) is 4.83. The summed E-state index contributed by atoms with van der Waals surface area (Å²) in [4.78, 5) is 0.758. The van der Waals surface area contributed by atoms with E-state index in [4.69, 9.17) is 23.2 Å². The molecule has 0 amide bonds. The van der Waals surface area contributed by atoms with Crippen molar-refractivity contribution in [3.05, 3.63) is 28.2 Å². The van der Waals surface area contributed by atoms with Gasteiger partial charge >= 0.3 is 0 Å². The third-order valence-electron chi connectivity index (χ3n) is 3.21. The van der Waals surface area contributed by atoms with Crippen LogP contribution in [0.1, 0.15) is 39.5 Å². The van der Waals surface area contributed by atoms with Crippen molar-refractivity contribution in [3.8, 4) is 0 Å². The van der Waals surface area contributed by atoms with Crippen LogP contribution < -0.4 is 5.32 Å². The molecular weight excluding hydrogens is 313 g/mol. The highest BCUT2D eigenvalue weighted by molar-refractivity contribution is 7.85. The van der Waals surface area contributed by atoms with E-state index in [0.717, 1.165) is 37.1 Å². The molecule has 0 saturated carbocycles. The maximum absolute atomic E-state index is 12.2. The minimum absolute atomic E-state index is 0.466. The van der Waals surface area contributed by atoms with Crippen molar-refractivity contribution in [3.63, 3.8) is 0 Å². The maximum atomic E-state index is 12.2. The molecule has 1 rings (SSSR count). The van der Waals surface area contributed by atoms with Crippen LogP contribution in [0.4, 0.5) is 0 Å². The predicted molar refractivity (Wildman–Crippen MR) is 89.3 cm³/mol. The predicted octanol–water partition coefficient (Wildman–Crippen LogP) is 4.66. The van der Waals surface area contributed by atoms with Gasteiger partial charge in [0.15, 0.2) is 0 Å². The zero-order chi connectivity index (χ0) is 15.0. The molecule has 1 N–H and O–H groups in total. The zero-order valence-corrected chi connectivity index (χ0v) is 14.5. The minimum Gasteiger partial charge on any atom is -0.314 e. The first-order chi connectivity index (χ1) is 9.58. The van der Waals surface area contributed by atoms with Gasteiger partial charge < -0.3 is 5.32 Å². The fourth-order valence-corrected chi connectivity index (χ4v) is 3.49. The molecule has 2 nitrogen and oxygen atoms in total. The van der Waals surface area contributed by atoms with E-state index in [0.29, 0.717) is 21.8 Å². The van der Waals surface area contributed by atoms with Crippen LogP contribution in [0.2, 0.25) is 10.0 Å². The normalized spacial score (nSPS) is 14.2. The van der Waals surface area contributed by atoms with E-state index in [1.807, 2.05) is 0 Å². The van der Waals surface area contributed by atoms with Gasteiger partial charge in [0.1, 0.15) is 0 Å². The molecule has 0 bridgehead atoms. The fourth-order valence-electron chi connectivity index (χ4n) is 2.00. The van der Waals surface area contributed by atoms with Crippen molar-refractivity contribution in [2.24, 2.45) is 0 Å². The minimum atomic E-state index is -0.997. The lowest BCUT2D eigenvalue weighted by Crippen LogP contribution is -2.29. The quantitative estimate of drug-likeness (QED) is 0.711. The highest BCUT2D eigenvalue weighted by Gasteiger charge is 2.09. The van der Waals surface area contributed by atoms with Gasteiger partial charge in [-0.2, -0.15) is 0 Å². The molecule has 0 fully saturated rings. The summed E-state index contributed by atoms with van der Waals surface area (Å²) in [5.74, 6) is 0.669. The van der Waals surface area contributed by atoms with E-state index in [1.165, 1.54) is 0 Å². The third-order valence-corrected chi connectivity index (χ3v) is 5.39. The van der Waals surface area contributed by atoms with Crippen molar-refractivity contribution in [1.82, 2.24) is 5.32 Å². The van der Waals surface area contributed by atoms with Crippen molar-refractivity contribution in [2.75, 3.05) is 12.3 Å². The van der Waals surface area contributed by atoms with Crippen LogP contribution in [0, 0.1) is 0 Å². The van der Waals surface area contributed by atoms with Crippen molar-refractivity contribution in [1.29, 1.82) is 0 Å². The van der Waals surface area contributed by atoms with Crippen LogP contribution in [0.25, 0.3) is 0 Å². The molecular formula is C15H23Cl2NOS. The SMILES string of the molecule is CCCNC(CC)CCCS(=O)c1ccc(Cl)c(Cl)c1. The lowest BCUT2D eigenvalue weighted by atomic mass is 10.1. The number of hydrogen-bond donors (Lipinski definition) is 1. The number of benzene rings is 1. The van der Waals surface area contributed by atoms with Gasteiger partial charge in [-0.15, -0.1) is 0 Å². The fraction of sp³-hybridized carbons (Fsp3) is 0.600. The summed E-state index contributed by atoms with van der Waals surface area (Å²) >= 11 is 11.8. The van der Waals surface area contributed by atoms with E-state index in [9.17, 15) is 4.21 Å². The van der Waals surface area contributed by atoms with Crippen LogP contribution in [0.15, 0.2) is 23.1 Å². The third kappa shape index (κ3) is 6.13. The summed E-state index contributed by atoms with van der Waals surface area (Å²) in [6, 6.07) is 5.72. The molecule has 1 aromatic rings. The molecule has 1 aromatic carbocycles. The molecule has 0 radical (unpaired) electrons. The van der Waals surface area contributed by atoms with Gasteiger partial charge in [-0.1, -0.05) is 37.0 Å². The molecule has 0 aliphatic heterocycles. The van der Waals surface area contributed by atoms with Crippen LogP contribution in [0.3, 0.4) is 0 Å². The second-order valence-corrected chi connectivity index (χ2v) is 7.21. The number of rotatable bonds is 9. The molecule has 0 spiro atoms. The molecule has 2 atom stereocenters. The monoisotopic (exact) mass is 335 g/mol. The van der Waals surface area contributed by atoms with Crippen LogP contribution in [-0.2, 0) is 10.8 Å². The molecule has 114 valence electrons. The smallest absolute Gasteiger partial charge is 0.0604 e. The van der Waals surface area contributed by atoms with E-state index >= 15 is 0 Å². The van der Waals surface area contributed by atoms with E-state index in [-0.39, 0.29) is 0 Å². The Morgan fingerprint density at radius 3 is 2.60 bits per heavy atom. The average molecular weight is 336 g/mol. The van der Waals surface area contributed by atoms with Gasteiger partial charge in [-0.3, -0.25) is 4.21 Å². The number of nitrogens with one attached hydrogen (secondary N) is 1. The largest absolute Gasteiger partial charge is 0.314 e. The summed E-state index contributed by atoms with van der Waals surface area (Å²) in [5.41, 5.74) is 0. The summed E-state index contributed by atoms with van der Waals surface area (Å²) in [6.07, 6.45) is 4.26. The van der Waals surface area contributed by atoms with Gasteiger partial charge in [-0.05, 0) is 50.4 Å². The van der Waals surface area contributed by atoms with E-state index in [1.54, 1.807) is 18.2 Å². The molecule has 0 aliphatic carbocycles. The molecule has 0 aliphatic rings. The Hall–Kier alpha value is -0.0900. The van der Waals surface area contributed by atoms with Crippen LogP contribution >= 0.6 is 23.2 Å². The Morgan fingerprint density at radius 1 is 1.25 bits per heavy atom. The topological polar surface area (TPSA) is 29.1 Å². The summed E-state index contributed by atoms with van der Waals surface area (Å²) in [7, 11) is -0.997. The molecule has 5 heteroatoms. The first kappa shape index (κ1) is 18.0. The maximum Gasteiger partial charge on any atom is 0.0604 e. The molecule has 2 unspecified atom stereocenters. The van der Waals surface area contributed by atoms with Gasteiger partial charge in [0, 0.05) is 16.7 Å². The Bertz CT molecular complexity index is 440. The first-order valence-corrected chi connectivity index (χ1v) is 9.22. The van der Waals surface area contributed by atoms with Crippen molar-refractivity contribution >= 4 is 34.0 Å². The van der Waals surface area contributed by atoms with Gasteiger partial charge in [0.05, 0.1) is 20.8 Å². The highest BCUT2D eigenvalue weighted by atomic mass is 35.5. The lowest BCUT2D eigenvalue weighted by molar-refractivity contribution is 0.464. The Kier molecular flexibility index (Phi) is 8.78. The summed E-state index contributed by atoms with van der Waals surface area (Å²) in [6.45, 7) is 5.40. The van der Waals surface area contributed by atoms with E-state index in [2.05, 4.69) is 19.2 Å². The molecule has 20 heavy (non-hydrogen) atoms. The van der Waals surface area contributed by atoms with Gasteiger partial charge in [-0.25, -0.2) is 0 Å². The summed E-state index contributed by atoms with van der Waals surface area (Å²) < 4.78 is 12.2. The standard InChI is InChI=1S/C15H23Cl2NOS/c1-3-9-18-12(4-2)6-5-10-20(19)13-7-8-14(16)15(17)11-13/h7-8,11-12,18H,3-6,9-10H2,1-2H3. The van der Waals surface area contributed by atoms with Crippen molar-refractivity contribution in [2.45, 2.75) is 50.5 Å². The van der Waals surface area contributed by atoms with Crippen molar-refractivity contribution < 1.29 is 4.21 Å². The van der Waals surface area contributed by atoms with Crippen LogP contribution in [0.5, 0.6) is 0 Å². The van der Waals surface area contributed by atoms with Gasteiger partial charge in [0.25, 0.3) is 0 Å². The van der Waals surface area contributed by atoms with Gasteiger partial charge in [0.2, 0.25) is 0 Å². The molecule has 0 aromatic heterocycles. The van der Waals surface area contributed by atoms with Crippen LogP contribution in [-0.4, -0.2) is 22.5 Å². The number of halogens is 2. The first-order valence-electron chi connectivity index (χ1n) is 7.15. The zero-order valence-electron chi connectivity index (χ0n) is 12.1. The second kappa shape index (κ2) is 9.78. The molecule has 0 heterocycles. The van der Waals surface area contributed by atoms with E-state index < -0.39 is 10.8 Å².